The van der Waals surface area contributed by atoms with Crippen LogP contribution in [0.1, 0.15) is 17.0 Å². The molecule has 1 saturated heterocycles. The van der Waals surface area contributed by atoms with Crippen molar-refractivity contribution in [1.29, 1.82) is 0 Å². The average Bonchev–Trinajstić information content (AvgIpc) is 3.04. The number of anilines is 1. The third-order valence-electron chi connectivity index (χ3n) is 5.38. The summed E-state index contributed by atoms with van der Waals surface area (Å²) >= 11 is 11.2. The van der Waals surface area contributed by atoms with Crippen molar-refractivity contribution >= 4 is 62.5 Å². The number of hydrogen-bond donors (Lipinski definition) is 2. The van der Waals surface area contributed by atoms with E-state index in [9.17, 15) is 18.0 Å². The molecule has 0 spiro atoms. The number of nitrogens with one attached hydrogen (secondary N) is 1. The molecule has 0 radical (unpaired) electrons. The van der Waals surface area contributed by atoms with Crippen molar-refractivity contribution in [3.05, 3.63) is 82.1 Å². The average molecular weight is 515 g/mol. The molecule has 2 heterocycles. The third kappa shape index (κ3) is 4.40. The normalized spacial score (nSPS) is 15.7. The van der Waals surface area contributed by atoms with Gasteiger partial charge in [-0.25, -0.2) is 13.6 Å². The van der Waals surface area contributed by atoms with Gasteiger partial charge in [-0.05, 0) is 92.3 Å². The standard InChI is InChI=1S/C23H19ClN4O4S2/c1-13-11-15(14(2)27(13)17-7-9-19(10-8-17)34(25,31)32)12-20-21(29)26-23(33)28(22(20)30)18-5-3-16(24)4-6-18/h3-12H,1-2H3,(H2,25,31,32)(H,26,29,33)/b20-12+. The Balaban J connectivity index is 1.73. The lowest BCUT2D eigenvalue weighted by atomic mass is 10.1. The summed E-state index contributed by atoms with van der Waals surface area (Å²) in [6.07, 6.45) is 1.51. The Bertz CT molecular complexity index is 1470. The Labute approximate surface area is 206 Å². The molecule has 0 unspecified atom stereocenters. The van der Waals surface area contributed by atoms with Crippen LogP contribution in [-0.4, -0.2) is 29.9 Å². The van der Waals surface area contributed by atoms with Gasteiger partial charge in [0.05, 0.1) is 10.6 Å². The van der Waals surface area contributed by atoms with Crippen LogP contribution in [0, 0.1) is 13.8 Å². The molecule has 3 N–H and O–H groups in total. The SMILES string of the molecule is Cc1cc(/C=C2\C(=O)NC(=S)N(c3ccc(Cl)cc3)C2=O)c(C)n1-c1ccc(S(N)(=O)=O)cc1. The zero-order valence-corrected chi connectivity index (χ0v) is 20.5. The second-order valence-corrected chi connectivity index (χ2v) is 10.0. The molecular weight excluding hydrogens is 496 g/mol. The Morgan fingerprint density at radius 3 is 2.18 bits per heavy atom. The van der Waals surface area contributed by atoms with Crippen LogP contribution in [0.4, 0.5) is 5.69 Å². The second-order valence-electron chi connectivity index (χ2n) is 7.64. The highest BCUT2D eigenvalue weighted by atomic mass is 35.5. The Kier molecular flexibility index (Phi) is 6.17. The minimum atomic E-state index is -3.81. The third-order valence-corrected chi connectivity index (χ3v) is 6.85. The number of nitrogens with two attached hydrogens (primary N) is 1. The number of benzene rings is 2. The number of aryl methyl sites for hydroxylation is 1. The Morgan fingerprint density at radius 2 is 1.59 bits per heavy atom. The van der Waals surface area contributed by atoms with Crippen LogP contribution < -0.4 is 15.4 Å². The summed E-state index contributed by atoms with van der Waals surface area (Å²) in [6, 6.07) is 14.5. The van der Waals surface area contributed by atoms with Gasteiger partial charge in [0.15, 0.2) is 5.11 Å². The number of halogens is 1. The fourth-order valence-corrected chi connectivity index (χ4v) is 4.68. The van der Waals surface area contributed by atoms with Crippen LogP contribution in [0.2, 0.25) is 5.02 Å². The lowest BCUT2D eigenvalue weighted by Crippen LogP contribution is -2.54. The van der Waals surface area contributed by atoms with Crippen LogP contribution in [0.5, 0.6) is 0 Å². The number of rotatable bonds is 4. The van der Waals surface area contributed by atoms with Crippen molar-refractivity contribution in [3.63, 3.8) is 0 Å². The maximum atomic E-state index is 13.2. The van der Waals surface area contributed by atoms with E-state index in [0.717, 1.165) is 11.4 Å². The lowest BCUT2D eigenvalue weighted by molar-refractivity contribution is -0.122. The summed E-state index contributed by atoms with van der Waals surface area (Å²) in [4.78, 5) is 27.1. The first-order valence-electron chi connectivity index (χ1n) is 9.96. The number of carbonyl (C=O) groups excluding carboxylic acids is 2. The zero-order chi connectivity index (χ0) is 24.8. The number of primary sulfonamides is 1. The summed E-state index contributed by atoms with van der Waals surface area (Å²) in [5.41, 5.74) is 3.33. The highest BCUT2D eigenvalue weighted by Crippen LogP contribution is 2.27. The first-order chi connectivity index (χ1) is 16.0. The van der Waals surface area contributed by atoms with Gasteiger partial charge < -0.3 is 4.57 Å². The number of thiocarbonyl (C=S) groups is 1. The van der Waals surface area contributed by atoms with E-state index in [1.165, 1.54) is 23.1 Å². The molecule has 1 fully saturated rings. The maximum Gasteiger partial charge on any atom is 0.270 e. The van der Waals surface area contributed by atoms with Gasteiger partial charge in [0.1, 0.15) is 5.57 Å². The van der Waals surface area contributed by atoms with Gasteiger partial charge in [-0.2, -0.15) is 0 Å². The van der Waals surface area contributed by atoms with Crippen LogP contribution >= 0.6 is 23.8 Å². The van der Waals surface area contributed by atoms with Gasteiger partial charge >= 0.3 is 0 Å². The number of hydrogen-bond acceptors (Lipinski definition) is 5. The van der Waals surface area contributed by atoms with E-state index in [1.54, 1.807) is 36.4 Å². The first kappa shape index (κ1) is 23.8. The Morgan fingerprint density at radius 1 is 1.00 bits per heavy atom. The number of aromatic nitrogens is 1. The predicted octanol–water partition coefficient (Wildman–Crippen LogP) is 3.23. The molecule has 0 atom stereocenters. The fraction of sp³-hybridized carbons (Fsp3) is 0.0870. The first-order valence-corrected chi connectivity index (χ1v) is 12.3. The van der Waals surface area contributed by atoms with E-state index in [1.807, 2.05) is 24.5 Å². The van der Waals surface area contributed by atoms with Crippen LogP contribution in [-0.2, 0) is 19.6 Å². The zero-order valence-electron chi connectivity index (χ0n) is 18.1. The number of sulfonamides is 1. The van der Waals surface area contributed by atoms with E-state index in [-0.39, 0.29) is 15.6 Å². The molecule has 1 aliphatic rings. The Hall–Kier alpha value is -3.31. The monoisotopic (exact) mass is 514 g/mol. The van der Waals surface area contributed by atoms with Gasteiger partial charge in [-0.15, -0.1) is 0 Å². The van der Waals surface area contributed by atoms with Gasteiger partial charge in [0, 0.05) is 22.1 Å². The molecular formula is C23H19ClN4O4S2. The maximum absolute atomic E-state index is 13.2. The molecule has 0 saturated carbocycles. The van der Waals surface area contributed by atoms with Crippen molar-refractivity contribution in [2.24, 2.45) is 5.14 Å². The number of amides is 2. The summed E-state index contributed by atoms with van der Waals surface area (Å²) in [5, 5.41) is 8.22. The highest BCUT2D eigenvalue weighted by Gasteiger charge is 2.34. The molecule has 4 rings (SSSR count). The fourth-order valence-electron chi connectivity index (χ4n) is 3.75. The molecule has 1 aliphatic heterocycles. The quantitative estimate of drug-likeness (QED) is 0.315. The van der Waals surface area contributed by atoms with Crippen molar-refractivity contribution < 1.29 is 18.0 Å². The lowest BCUT2D eigenvalue weighted by Gasteiger charge is -2.28. The van der Waals surface area contributed by atoms with E-state index < -0.39 is 21.8 Å². The topological polar surface area (TPSA) is 114 Å². The van der Waals surface area contributed by atoms with E-state index in [0.29, 0.717) is 22.0 Å². The van der Waals surface area contributed by atoms with Crippen molar-refractivity contribution in [3.8, 4) is 5.69 Å². The van der Waals surface area contributed by atoms with Crippen LogP contribution in [0.15, 0.2) is 65.1 Å². The second kappa shape index (κ2) is 8.80. The van der Waals surface area contributed by atoms with Gasteiger partial charge in [-0.3, -0.25) is 19.8 Å². The molecule has 34 heavy (non-hydrogen) atoms. The molecule has 8 nitrogen and oxygen atoms in total. The molecule has 0 aliphatic carbocycles. The van der Waals surface area contributed by atoms with Crippen molar-refractivity contribution in [2.75, 3.05) is 4.90 Å². The molecule has 2 aromatic carbocycles. The molecule has 3 aromatic rings. The number of nitrogens with zero attached hydrogens (tertiary/aromatic N) is 2. The number of carbonyl (C=O) groups is 2. The van der Waals surface area contributed by atoms with Crippen LogP contribution in [0.3, 0.4) is 0 Å². The van der Waals surface area contributed by atoms with Gasteiger partial charge in [0.2, 0.25) is 10.0 Å². The van der Waals surface area contributed by atoms with Gasteiger partial charge in [0.25, 0.3) is 11.8 Å². The molecule has 2 amide bonds. The van der Waals surface area contributed by atoms with Crippen molar-refractivity contribution in [2.45, 2.75) is 18.7 Å². The molecule has 11 heteroatoms. The molecule has 0 bridgehead atoms. The minimum absolute atomic E-state index is 0.00351. The summed E-state index contributed by atoms with van der Waals surface area (Å²) < 4.78 is 25.0. The minimum Gasteiger partial charge on any atom is -0.318 e. The van der Waals surface area contributed by atoms with Crippen LogP contribution in [0.25, 0.3) is 11.8 Å². The van der Waals surface area contributed by atoms with E-state index in [4.69, 9.17) is 29.0 Å². The molecule has 1 aromatic heterocycles. The summed E-state index contributed by atoms with van der Waals surface area (Å²) in [7, 11) is -3.81. The summed E-state index contributed by atoms with van der Waals surface area (Å²) in [6.45, 7) is 3.69. The van der Waals surface area contributed by atoms with Crippen molar-refractivity contribution in [1.82, 2.24) is 9.88 Å². The molecule has 174 valence electrons. The van der Waals surface area contributed by atoms with Gasteiger partial charge in [-0.1, -0.05) is 11.6 Å². The highest BCUT2D eigenvalue weighted by molar-refractivity contribution is 7.89. The smallest absolute Gasteiger partial charge is 0.270 e. The largest absolute Gasteiger partial charge is 0.318 e. The predicted molar refractivity (Wildman–Crippen MR) is 134 cm³/mol. The summed E-state index contributed by atoms with van der Waals surface area (Å²) in [5.74, 6) is -1.15. The van der Waals surface area contributed by atoms with E-state index in [2.05, 4.69) is 5.32 Å². The van der Waals surface area contributed by atoms with E-state index >= 15 is 0 Å².